The van der Waals surface area contributed by atoms with Gasteiger partial charge in [0.25, 0.3) is 5.91 Å². The Balaban J connectivity index is 2.13. The summed E-state index contributed by atoms with van der Waals surface area (Å²) in [6.07, 6.45) is 0.353. The van der Waals surface area contributed by atoms with Crippen LogP contribution in [0.5, 0.6) is 0 Å². The van der Waals surface area contributed by atoms with Crippen molar-refractivity contribution in [2.75, 3.05) is 32.9 Å². The van der Waals surface area contributed by atoms with E-state index in [1.165, 1.54) is 0 Å². The van der Waals surface area contributed by atoms with Crippen molar-refractivity contribution in [3.8, 4) is 0 Å². The van der Waals surface area contributed by atoms with Crippen LogP contribution in [0, 0.1) is 0 Å². The molecule has 0 aromatic carbocycles. The maximum atomic E-state index is 11.3. The molecule has 0 spiro atoms. The lowest BCUT2D eigenvalue weighted by Gasteiger charge is -2.21. The Morgan fingerprint density at radius 1 is 1.54 bits per heavy atom. The molecule has 0 aliphatic carbocycles. The monoisotopic (exact) mass is 188 g/mol. The molecule has 1 aliphatic rings. The lowest BCUT2D eigenvalue weighted by molar-refractivity contribution is -0.147. The number of ether oxygens (including phenoxy) is 2. The highest BCUT2D eigenvalue weighted by Crippen LogP contribution is 1.99. The molecule has 0 bridgehead atoms. The van der Waals surface area contributed by atoms with E-state index in [-0.39, 0.29) is 5.91 Å². The summed E-state index contributed by atoms with van der Waals surface area (Å²) < 4.78 is 10.3. The minimum atomic E-state index is -0.438. The average Bonchev–Trinajstić information content (AvgIpc) is 2.19. The second kappa shape index (κ2) is 5.90. The molecule has 1 fully saturated rings. The van der Waals surface area contributed by atoms with Crippen LogP contribution in [-0.4, -0.2) is 44.9 Å². The topological polar surface area (TPSA) is 73.6 Å². The van der Waals surface area contributed by atoms with Crippen molar-refractivity contribution in [3.63, 3.8) is 0 Å². The van der Waals surface area contributed by atoms with Gasteiger partial charge in [0.1, 0.15) is 0 Å². The third kappa shape index (κ3) is 3.71. The van der Waals surface area contributed by atoms with E-state index in [0.717, 1.165) is 6.42 Å². The summed E-state index contributed by atoms with van der Waals surface area (Å²) in [5, 5.41) is 2.73. The molecule has 1 aliphatic heterocycles. The van der Waals surface area contributed by atoms with Crippen molar-refractivity contribution in [2.24, 2.45) is 5.73 Å². The first kappa shape index (κ1) is 10.4. The molecule has 0 aromatic heterocycles. The number of carbonyl (C=O) groups excluding carboxylic acids is 1. The summed E-state index contributed by atoms with van der Waals surface area (Å²) in [6, 6.07) is 0. The van der Waals surface area contributed by atoms with Crippen LogP contribution in [-0.2, 0) is 14.3 Å². The van der Waals surface area contributed by atoms with E-state index in [1.54, 1.807) is 0 Å². The lowest BCUT2D eigenvalue weighted by atomic mass is 10.3. The standard InChI is InChI=1S/C8H16N2O3/c9-2-1-3-10-8(11)7-6-12-4-5-13-7/h7H,1-6,9H2,(H,10,11). The molecule has 1 heterocycles. The predicted molar refractivity (Wildman–Crippen MR) is 47.2 cm³/mol. The molecule has 1 unspecified atom stereocenters. The molecule has 1 saturated heterocycles. The average molecular weight is 188 g/mol. The normalized spacial score (nSPS) is 22.7. The van der Waals surface area contributed by atoms with E-state index in [4.69, 9.17) is 15.2 Å². The number of amides is 1. The number of carbonyl (C=O) groups is 1. The predicted octanol–water partition coefficient (Wildman–Crippen LogP) is -1.13. The third-order valence-corrected chi connectivity index (χ3v) is 1.79. The number of nitrogens with one attached hydrogen (secondary N) is 1. The van der Waals surface area contributed by atoms with Gasteiger partial charge < -0.3 is 20.5 Å². The molecule has 1 atom stereocenters. The van der Waals surface area contributed by atoms with Crippen LogP contribution in [0.1, 0.15) is 6.42 Å². The Morgan fingerprint density at radius 3 is 3.00 bits per heavy atom. The van der Waals surface area contributed by atoms with Crippen LogP contribution in [0.3, 0.4) is 0 Å². The van der Waals surface area contributed by atoms with Crippen molar-refractivity contribution in [1.82, 2.24) is 5.32 Å². The molecular formula is C8H16N2O3. The fourth-order valence-corrected chi connectivity index (χ4v) is 1.07. The van der Waals surface area contributed by atoms with Gasteiger partial charge in [-0.25, -0.2) is 0 Å². The van der Waals surface area contributed by atoms with Gasteiger partial charge in [0.05, 0.1) is 19.8 Å². The fourth-order valence-electron chi connectivity index (χ4n) is 1.07. The van der Waals surface area contributed by atoms with Gasteiger partial charge in [0.15, 0.2) is 6.10 Å². The quantitative estimate of drug-likeness (QED) is 0.547. The van der Waals surface area contributed by atoms with Crippen molar-refractivity contribution in [3.05, 3.63) is 0 Å². The number of nitrogens with two attached hydrogens (primary N) is 1. The molecule has 5 nitrogen and oxygen atoms in total. The molecular weight excluding hydrogens is 172 g/mol. The largest absolute Gasteiger partial charge is 0.376 e. The first-order valence-corrected chi connectivity index (χ1v) is 4.51. The molecule has 0 radical (unpaired) electrons. The minimum absolute atomic E-state index is 0.104. The number of rotatable bonds is 4. The zero-order chi connectivity index (χ0) is 9.52. The van der Waals surface area contributed by atoms with Gasteiger partial charge in [-0.3, -0.25) is 4.79 Å². The van der Waals surface area contributed by atoms with E-state index >= 15 is 0 Å². The van der Waals surface area contributed by atoms with Gasteiger partial charge in [-0.1, -0.05) is 0 Å². The number of hydrogen-bond acceptors (Lipinski definition) is 4. The van der Waals surface area contributed by atoms with Crippen LogP contribution < -0.4 is 11.1 Å². The molecule has 13 heavy (non-hydrogen) atoms. The van der Waals surface area contributed by atoms with E-state index in [0.29, 0.717) is 32.9 Å². The summed E-state index contributed by atoms with van der Waals surface area (Å²) in [7, 11) is 0. The summed E-state index contributed by atoms with van der Waals surface area (Å²) in [4.78, 5) is 11.3. The molecule has 0 aromatic rings. The summed E-state index contributed by atoms with van der Waals surface area (Å²) in [6.45, 7) is 2.62. The summed E-state index contributed by atoms with van der Waals surface area (Å²) >= 11 is 0. The molecule has 1 amide bonds. The first-order chi connectivity index (χ1) is 6.34. The zero-order valence-corrected chi connectivity index (χ0v) is 7.62. The van der Waals surface area contributed by atoms with Gasteiger partial charge >= 0.3 is 0 Å². The highest BCUT2D eigenvalue weighted by atomic mass is 16.6. The highest BCUT2D eigenvalue weighted by Gasteiger charge is 2.21. The second-order valence-electron chi connectivity index (χ2n) is 2.87. The molecule has 3 N–H and O–H groups in total. The Hall–Kier alpha value is -0.650. The summed E-state index contributed by atoms with van der Waals surface area (Å²) in [5.41, 5.74) is 5.29. The van der Waals surface area contributed by atoms with Crippen LogP contribution in [0.15, 0.2) is 0 Å². The van der Waals surface area contributed by atoms with E-state index < -0.39 is 6.10 Å². The third-order valence-electron chi connectivity index (χ3n) is 1.79. The summed E-state index contributed by atoms with van der Waals surface area (Å²) in [5.74, 6) is -0.104. The fraction of sp³-hybridized carbons (Fsp3) is 0.875. The van der Waals surface area contributed by atoms with Gasteiger partial charge in [0, 0.05) is 6.54 Å². The van der Waals surface area contributed by atoms with E-state index in [1.807, 2.05) is 0 Å². The number of hydrogen-bond donors (Lipinski definition) is 2. The van der Waals surface area contributed by atoms with E-state index in [2.05, 4.69) is 5.32 Å². The smallest absolute Gasteiger partial charge is 0.251 e. The molecule has 1 rings (SSSR count). The van der Waals surface area contributed by atoms with Crippen molar-refractivity contribution in [1.29, 1.82) is 0 Å². The first-order valence-electron chi connectivity index (χ1n) is 4.51. The highest BCUT2D eigenvalue weighted by molar-refractivity contribution is 5.80. The van der Waals surface area contributed by atoms with E-state index in [9.17, 15) is 4.79 Å². The molecule has 0 saturated carbocycles. The second-order valence-corrected chi connectivity index (χ2v) is 2.87. The minimum Gasteiger partial charge on any atom is -0.376 e. The Bertz CT molecular complexity index is 157. The van der Waals surface area contributed by atoms with Crippen LogP contribution in [0.25, 0.3) is 0 Å². The Morgan fingerprint density at radius 2 is 2.38 bits per heavy atom. The van der Waals surface area contributed by atoms with Gasteiger partial charge in [-0.05, 0) is 13.0 Å². The van der Waals surface area contributed by atoms with Gasteiger partial charge in [0.2, 0.25) is 0 Å². The lowest BCUT2D eigenvalue weighted by Crippen LogP contribution is -2.43. The van der Waals surface area contributed by atoms with Crippen molar-refractivity contribution >= 4 is 5.91 Å². The maximum Gasteiger partial charge on any atom is 0.251 e. The van der Waals surface area contributed by atoms with Crippen LogP contribution in [0.4, 0.5) is 0 Å². The van der Waals surface area contributed by atoms with Crippen molar-refractivity contribution < 1.29 is 14.3 Å². The van der Waals surface area contributed by atoms with Crippen LogP contribution in [0.2, 0.25) is 0 Å². The zero-order valence-electron chi connectivity index (χ0n) is 7.62. The molecule has 5 heteroatoms. The Kier molecular flexibility index (Phi) is 4.74. The van der Waals surface area contributed by atoms with Crippen LogP contribution >= 0.6 is 0 Å². The molecule has 76 valence electrons. The Labute approximate surface area is 77.6 Å². The van der Waals surface area contributed by atoms with Crippen molar-refractivity contribution in [2.45, 2.75) is 12.5 Å². The van der Waals surface area contributed by atoms with Gasteiger partial charge in [-0.15, -0.1) is 0 Å². The maximum absolute atomic E-state index is 11.3. The van der Waals surface area contributed by atoms with Gasteiger partial charge in [-0.2, -0.15) is 0 Å². The SMILES string of the molecule is NCCCNC(=O)C1COCCO1.